The molecular weight excluding hydrogens is 384 g/mol. The number of hydrogen-bond acceptors (Lipinski definition) is 2. The molecule has 0 atom stereocenters. The molecule has 0 spiro atoms. The molecule has 0 amide bonds. The molecule has 0 heterocycles. The van der Waals surface area contributed by atoms with E-state index in [0.29, 0.717) is 0 Å². The van der Waals surface area contributed by atoms with Gasteiger partial charge in [0.25, 0.3) is 0 Å². The minimum absolute atomic E-state index is 0. The molecule has 0 aliphatic heterocycles. The number of hydrogen-bond donors (Lipinski definition) is 1. The Hall–Kier alpha value is 0.351. The monoisotopic (exact) mass is 386 g/mol. The number of benzene rings is 1. The average Bonchev–Trinajstić information content (AvgIpc) is 2.09. The third kappa shape index (κ3) is 2.78. The fourth-order valence-corrected chi connectivity index (χ4v) is 1.44. The Labute approximate surface area is 126 Å². The van der Waals surface area contributed by atoms with E-state index in [1.54, 1.807) is 0 Å². The van der Waals surface area contributed by atoms with Gasteiger partial charge in [0.05, 0.1) is 0 Å². The van der Waals surface area contributed by atoms with Crippen molar-refractivity contribution in [2.75, 3.05) is 0 Å². The Morgan fingerprint density at radius 2 is 1.00 bits per heavy atom. The van der Waals surface area contributed by atoms with Crippen LogP contribution in [0.1, 0.15) is 0 Å². The third-order valence-corrected chi connectivity index (χ3v) is 2.30. The minimum Gasteiger partial charge on any atom is -0.282 e. The molecule has 1 rings (SSSR count). The van der Waals surface area contributed by atoms with Crippen LogP contribution in [-0.2, 0) is 10.1 Å². The van der Waals surface area contributed by atoms with Crippen LogP contribution in [-0.4, -0.2) is 61.9 Å². The molecule has 16 heavy (non-hydrogen) atoms. The molecule has 0 saturated heterocycles. The van der Waals surface area contributed by atoms with E-state index in [1.807, 2.05) is 0 Å². The maximum atomic E-state index is 12.6. The third-order valence-electron chi connectivity index (χ3n) is 1.43. The molecule has 0 aromatic heterocycles. The minimum atomic E-state index is -5.52. The van der Waals surface area contributed by atoms with E-state index in [1.165, 1.54) is 0 Å². The van der Waals surface area contributed by atoms with Crippen molar-refractivity contribution in [2.24, 2.45) is 0 Å². The molecule has 0 fully saturated rings. The second kappa shape index (κ2) is 5.33. The molecule has 3 nitrogen and oxygen atoms in total. The van der Waals surface area contributed by atoms with Gasteiger partial charge in [0.15, 0.2) is 28.2 Å². The molecule has 84 valence electrons. The maximum Gasteiger partial charge on any atom is 2.00 e. The van der Waals surface area contributed by atoms with Crippen molar-refractivity contribution in [1.82, 2.24) is 0 Å². The van der Waals surface area contributed by atoms with Crippen LogP contribution in [0.2, 0.25) is 0 Å². The zero-order valence-electron chi connectivity index (χ0n) is 7.27. The standard InChI is InChI=1S/C6HF5O3S.Ba/c7-1-2(8)4(10)6(15(12,13)14)5(11)3(1)9;/h(H,12,13,14);/q;+2. The van der Waals surface area contributed by atoms with E-state index in [9.17, 15) is 30.4 Å². The fourth-order valence-electron chi connectivity index (χ4n) is 0.811. The first-order valence-corrected chi connectivity index (χ1v) is 4.61. The Bertz CT molecular complexity index is 500. The van der Waals surface area contributed by atoms with Crippen molar-refractivity contribution in [1.29, 1.82) is 0 Å². The van der Waals surface area contributed by atoms with Gasteiger partial charge in [0.1, 0.15) is 0 Å². The van der Waals surface area contributed by atoms with E-state index in [0.717, 1.165) is 0 Å². The summed E-state index contributed by atoms with van der Waals surface area (Å²) in [5.41, 5.74) is 0. The second-order valence-electron chi connectivity index (χ2n) is 2.37. The van der Waals surface area contributed by atoms with Crippen LogP contribution in [0, 0.1) is 29.1 Å². The predicted octanol–water partition coefficient (Wildman–Crippen LogP) is 1.25. The van der Waals surface area contributed by atoms with Gasteiger partial charge in [0, 0.05) is 0 Å². The SMILES string of the molecule is O=S(=O)(O)c1c(F)c(F)c(F)c(F)c1F.[Ba+2]. The van der Waals surface area contributed by atoms with Crippen LogP contribution < -0.4 is 0 Å². The van der Waals surface area contributed by atoms with E-state index in [2.05, 4.69) is 0 Å². The summed E-state index contributed by atoms with van der Waals surface area (Å²) in [6.07, 6.45) is 0. The molecule has 0 saturated carbocycles. The van der Waals surface area contributed by atoms with Gasteiger partial charge in [0.2, 0.25) is 5.82 Å². The van der Waals surface area contributed by atoms with Gasteiger partial charge in [-0.25, -0.2) is 22.0 Å². The van der Waals surface area contributed by atoms with Crippen molar-refractivity contribution >= 4 is 59.0 Å². The summed E-state index contributed by atoms with van der Waals surface area (Å²) in [7, 11) is -5.52. The molecule has 0 aliphatic carbocycles. The zero-order valence-corrected chi connectivity index (χ0v) is 12.5. The fraction of sp³-hybridized carbons (Fsp3) is 0. The number of halogens is 5. The van der Waals surface area contributed by atoms with Crippen LogP contribution in [0.25, 0.3) is 0 Å². The topological polar surface area (TPSA) is 54.4 Å². The summed E-state index contributed by atoms with van der Waals surface area (Å²) in [5, 5.41) is 0. The van der Waals surface area contributed by atoms with Gasteiger partial charge >= 0.3 is 59.0 Å². The Morgan fingerprint density at radius 1 is 0.750 bits per heavy atom. The summed E-state index contributed by atoms with van der Waals surface area (Å²) in [6.45, 7) is 0. The van der Waals surface area contributed by atoms with Crippen LogP contribution in [0.3, 0.4) is 0 Å². The summed E-state index contributed by atoms with van der Waals surface area (Å²) < 4.78 is 91.3. The van der Waals surface area contributed by atoms with Gasteiger partial charge < -0.3 is 0 Å². The van der Waals surface area contributed by atoms with Crippen LogP contribution in [0.4, 0.5) is 22.0 Å². The quantitative estimate of drug-likeness (QED) is 0.260. The van der Waals surface area contributed by atoms with E-state index < -0.39 is 44.1 Å². The van der Waals surface area contributed by atoms with Crippen LogP contribution >= 0.6 is 0 Å². The van der Waals surface area contributed by atoms with Crippen molar-refractivity contribution in [3.05, 3.63) is 29.1 Å². The Morgan fingerprint density at radius 3 is 1.25 bits per heavy atom. The first-order valence-electron chi connectivity index (χ1n) is 3.16. The van der Waals surface area contributed by atoms with Gasteiger partial charge in [-0.15, -0.1) is 0 Å². The largest absolute Gasteiger partial charge is 2.00 e. The molecule has 1 aromatic rings. The van der Waals surface area contributed by atoms with Gasteiger partial charge in [-0.1, -0.05) is 0 Å². The molecule has 1 N–H and O–H groups in total. The average molecular weight is 385 g/mol. The molecule has 0 bridgehead atoms. The van der Waals surface area contributed by atoms with Crippen LogP contribution in [0.15, 0.2) is 4.90 Å². The van der Waals surface area contributed by atoms with Gasteiger partial charge in [-0.3, -0.25) is 4.55 Å². The maximum absolute atomic E-state index is 12.6. The van der Waals surface area contributed by atoms with Crippen molar-refractivity contribution in [3.63, 3.8) is 0 Å². The van der Waals surface area contributed by atoms with Gasteiger partial charge in [-0.2, -0.15) is 8.42 Å². The molecule has 0 radical (unpaired) electrons. The van der Waals surface area contributed by atoms with Crippen molar-refractivity contribution < 1.29 is 34.9 Å². The summed E-state index contributed by atoms with van der Waals surface area (Å²) in [5.74, 6) is -12.6. The van der Waals surface area contributed by atoms with Gasteiger partial charge in [-0.05, 0) is 0 Å². The molecule has 0 aliphatic rings. The summed E-state index contributed by atoms with van der Waals surface area (Å²) in [6, 6.07) is 0. The number of rotatable bonds is 1. The zero-order chi connectivity index (χ0) is 12.0. The normalized spacial score (nSPS) is 11.1. The van der Waals surface area contributed by atoms with E-state index in [4.69, 9.17) is 4.55 Å². The molecular formula is C6HBaF5O3S+2. The van der Waals surface area contributed by atoms with Crippen molar-refractivity contribution in [2.45, 2.75) is 4.90 Å². The summed E-state index contributed by atoms with van der Waals surface area (Å²) in [4.78, 5) is -2.26. The van der Waals surface area contributed by atoms with E-state index in [-0.39, 0.29) is 48.9 Å². The molecule has 1 aromatic carbocycles. The predicted molar refractivity (Wildman–Crippen MR) is 41.8 cm³/mol. The first kappa shape index (κ1) is 16.4. The van der Waals surface area contributed by atoms with E-state index >= 15 is 0 Å². The first-order chi connectivity index (χ1) is 6.68. The van der Waals surface area contributed by atoms with Crippen LogP contribution in [0.5, 0.6) is 0 Å². The van der Waals surface area contributed by atoms with Crippen molar-refractivity contribution in [3.8, 4) is 0 Å². The Balaban J connectivity index is 0.00000225. The summed E-state index contributed by atoms with van der Waals surface area (Å²) >= 11 is 0. The second-order valence-corrected chi connectivity index (χ2v) is 3.73. The Kier molecular flexibility index (Phi) is 5.45. The molecule has 0 unspecified atom stereocenters. The smallest absolute Gasteiger partial charge is 0.282 e. The molecule has 10 heteroatoms.